The molecule has 0 fully saturated rings. The summed E-state index contributed by atoms with van der Waals surface area (Å²) in [5.74, 6) is 0.675. The van der Waals surface area contributed by atoms with Gasteiger partial charge in [0, 0.05) is 30.0 Å². The van der Waals surface area contributed by atoms with Crippen LogP contribution in [0.5, 0.6) is 0 Å². The molecule has 18 heavy (non-hydrogen) atoms. The van der Waals surface area contributed by atoms with Crippen LogP contribution in [-0.2, 0) is 6.42 Å². The molecule has 0 aromatic carbocycles. The van der Waals surface area contributed by atoms with Crippen molar-refractivity contribution in [2.45, 2.75) is 33.2 Å². The van der Waals surface area contributed by atoms with Gasteiger partial charge in [-0.2, -0.15) is 0 Å². The van der Waals surface area contributed by atoms with Crippen molar-refractivity contribution in [3.63, 3.8) is 0 Å². The standard InChI is InChI=1S/C14H18N4/c1-9-4-5-16-13(6-9)14-17-11(3)8-12(18-14)7-10(2)15/h4-6,8,10H,7,15H2,1-3H3. The molecule has 0 saturated carbocycles. The van der Waals surface area contributed by atoms with Gasteiger partial charge in [-0.05, 0) is 44.5 Å². The fraction of sp³-hybridized carbons (Fsp3) is 0.357. The van der Waals surface area contributed by atoms with Crippen LogP contribution in [0.3, 0.4) is 0 Å². The minimum absolute atomic E-state index is 0.0950. The van der Waals surface area contributed by atoms with Crippen LogP contribution in [0.1, 0.15) is 23.9 Å². The molecule has 0 saturated heterocycles. The van der Waals surface area contributed by atoms with Crippen molar-refractivity contribution in [2.75, 3.05) is 0 Å². The highest BCUT2D eigenvalue weighted by molar-refractivity contribution is 5.50. The molecule has 2 rings (SSSR count). The SMILES string of the molecule is Cc1ccnc(-c2nc(C)cc(CC(C)N)n2)c1. The molecule has 0 aliphatic heterocycles. The number of nitrogens with two attached hydrogens (primary N) is 1. The molecule has 1 unspecified atom stereocenters. The number of pyridine rings is 1. The van der Waals surface area contributed by atoms with Gasteiger partial charge in [0.2, 0.25) is 0 Å². The normalized spacial score (nSPS) is 12.4. The van der Waals surface area contributed by atoms with Gasteiger partial charge in [-0.25, -0.2) is 9.97 Å². The summed E-state index contributed by atoms with van der Waals surface area (Å²) in [4.78, 5) is 13.3. The zero-order valence-electron chi connectivity index (χ0n) is 11.0. The van der Waals surface area contributed by atoms with Crippen LogP contribution >= 0.6 is 0 Å². The van der Waals surface area contributed by atoms with Gasteiger partial charge in [0.15, 0.2) is 5.82 Å². The van der Waals surface area contributed by atoms with Gasteiger partial charge in [-0.1, -0.05) is 0 Å². The average Bonchev–Trinajstić information content (AvgIpc) is 2.27. The predicted molar refractivity (Wildman–Crippen MR) is 72.1 cm³/mol. The Labute approximate surface area is 107 Å². The summed E-state index contributed by atoms with van der Waals surface area (Å²) >= 11 is 0. The second-order valence-electron chi connectivity index (χ2n) is 4.72. The molecule has 0 aliphatic carbocycles. The summed E-state index contributed by atoms with van der Waals surface area (Å²) in [7, 11) is 0. The number of aromatic nitrogens is 3. The van der Waals surface area contributed by atoms with Crippen molar-refractivity contribution < 1.29 is 0 Å². The number of hydrogen-bond donors (Lipinski definition) is 1. The molecule has 1 atom stereocenters. The number of nitrogens with zero attached hydrogens (tertiary/aromatic N) is 3. The molecule has 4 heteroatoms. The van der Waals surface area contributed by atoms with E-state index >= 15 is 0 Å². The molecule has 0 amide bonds. The first-order valence-electron chi connectivity index (χ1n) is 6.08. The van der Waals surface area contributed by atoms with Gasteiger partial charge in [-0.15, -0.1) is 0 Å². The third-order valence-corrected chi connectivity index (χ3v) is 2.58. The Bertz CT molecular complexity index is 549. The van der Waals surface area contributed by atoms with Crippen molar-refractivity contribution in [3.05, 3.63) is 41.3 Å². The lowest BCUT2D eigenvalue weighted by atomic mass is 10.1. The van der Waals surface area contributed by atoms with Crippen molar-refractivity contribution in [3.8, 4) is 11.5 Å². The van der Waals surface area contributed by atoms with Crippen molar-refractivity contribution in [1.29, 1.82) is 0 Å². The van der Waals surface area contributed by atoms with Crippen LogP contribution < -0.4 is 5.73 Å². The van der Waals surface area contributed by atoms with E-state index in [0.717, 1.165) is 29.1 Å². The van der Waals surface area contributed by atoms with E-state index in [9.17, 15) is 0 Å². The highest BCUT2D eigenvalue weighted by Crippen LogP contribution is 2.15. The summed E-state index contributed by atoms with van der Waals surface area (Å²) < 4.78 is 0. The van der Waals surface area contributed by atoms with Gasteiger partial charge in [0.25, 0.3) is 0 Å². The number of rotatable bonds is 3. The van der Waals surface area contributed by atoms with Crippen LogP contribution in [0.2, 0.25) is 0 Å². The highest BCUT2D eigenvalue weighted by atomic mass is 14.9. The molecule has 0 spiro atoms. The Morgan fingerprint density at radius 1 is 1.22 bits per heavy atom. The highest BCUT2D eigenvalue weighted by Gasteiger charge is 2.07. The number of hydrogen-bond acceptors (Lipinski definition) is 4. The van der Waals surface area contributed by atoms with Crippen LogP contribution in [0.15, 0.2) is 24.4 Å². The Hall–Kier alpha value is -1.81. The van der Waals surface area contributed by atoms with E-state index in [2.05, 4.69) is 15.0 Å². The Balaban J connectivity index is 2.41. The summed E-state index contributed by atoms with van der Waals surface area (Å²) in [5, 5.41) is 0. The fourth-order valence-corrected chi connectivity index (χ4v) is 1.84. The largest absolute Gasteiger partial charge is 0.328 e. The second kappa shape index (κ2) is 5.23. The van der Waals surface area contributed by atoms with Gasteiger partial charge in [0.1, 0.15) is 5.69 Å². The summed E-state index contributed by atoms with van der Waals surface area (Å²) in [6.07, 6.45) is 2.53. The van der Waals surface area contributed by atoms with Gasteiger partial charge in [0.05, 0.1) is 0 Å². The lowest BCUT2D eigenvalue weighted by Crippen LogP contribution is -2.19. The fourth-order valence-electron chi connectivity index (χ4n) is 1.84. The van der Waals surface area contributed by atoms with Crippen LogP contribution in [0, 0.1) is 13.8 Å². The van der Waals surface area contributed by atoms with Crippen molar-refractivity contribution >= 4 is 0 Å². The van der Waals surface area contributed by atoms with E-state index in [1.54, 1.807) is 6.20 Å². The van der Waals surface area contributed by atoms with Crippen molar-refractivity contribution in [1.82, 2.24) is 15.0 Å². The van der Waals surface area contributed by atoms with Gasteiger partial charge < -0.3 is 5.73 Å². The summed E-state index contributed by atoms with van der Waals surface area (Å²) in [5.41, 5.74) is 9.68. The first-order chi connectivity index (χ1) is 8.54. The minimum Gasteiger partial charge on any atom is -0.328 e. The molecule has 2 aromatic rings. The van der Waals surface area contributed by atoms with Crippen LogP contribution in [0.4, 0.5) is 0 Å². The van der Waals surface area contributed by atoms with Crippen molar-refractivity contribution in [2.24, 2.45) is 5.73 Å². The first-order valence-corrected chi connectivity index (χ1v) is 6.08. The van der Waals surface area contributed by atoms with E-state index < -0.39 is 0 Å². The smallest absolute Gasteiger partial charge is 0.178 e. The van der Waals surface area contributed by atoms with Crippen LogP contribution in [0.25, 0.3) is 11.5 Å². The molecule has 2 aromatic heterocycles. The molecule has 0 bridgehead atoms. The van der Waals surface area contributed by atoms with E-state index in [-0.39, 0.29) is 6.04 Å². The summed E-state index contributed by atoms with van der Waals surface area (Å²) in [6.45, 7) is 5.97. The Morgan fingerprint density at radius 2 is 2.00 bits per heavy atom. The molecule has 94 valence electrons. The Morgan fingerprint density at radius 3 is 2.67 bits per heavy atom. The van der Waals surface area contributed by atoms with E-state index in [0.29, 0.717) is 5.82 Å². The summed E-state index contributed by atoms with van der Waals surface area (Å²) in [6, 6.07) is 6.02. The maximum atomic E-state index is 5.81. The zero-order valence-corrected chi connectivity index (χ0v) is 11.0. The average molecular weight is 242 g/mol. The monoisotopic (exact) mass is 242 g/mol. The van der Waals surface area contributed by atoms with E-state index in [1.165, 1.54) is 0 Å². The lowest BCUT2D eigenvalue weighted by Gasteiger charge is -2.08. The molecular weight excluding hydrogens is 224 g/mol. The maximum absolute atomic E-state index is 5.81. The van der Waals surface area contributed by atoms with Gasteiger partial charge in [-0.3, -0.25) is 4.98 Å². The first kappa shape index (κ1) is 12.6. The number of aryl methyl sites for hydroxylation is 2. The maximum Gasteiger partial charge on any atom is 0.178 e. The topological polar surface area (TPSA) is 64.7 Å². The minimum atomic E-state index is 0.0950. The zero-order chi connectivity index (χ0) is 13.1. The molecule has 0 aliphatic rings. The van der Waals surface area contributed by atoms with Gasteiger partial charge >= 0.3 is 0 Å². The third kappa shape index (κ3) is 3.11. The molecular formula is C14H18N4. The predicted octanol–water partition coefficient (Wildman–Crippen LogP) is 2.05. The third-order valence-electron chi connectivity index (χ3n) is 2.58. The lowest BCUT2D eigenvalue weighted by molar-refractivity contribution is 0.719. The second-order valence-corrected chi connectivity index (χ2v) is 4.72. The molecule has 0 radical (unpaired) electrons. The molecule has 2 N–H and O–H groups in total. The quantitative estimate of drug-likeness (QED) is 0.894. The van der Waals surface area contributed by atoms with E-state index in [1.807, 2.05) is 39.0 Å². The molecule has 4 nitrogen and oxygen atoms in total. The van der Waals surface area contributed by atoms with E-state index in [4.69, 9.17) is 5.73 Å². The molecule has 2 heterocycles. The Kier molecular flexibility index (Phi) is 3.67. The van der Waals surface area contributed by atoms with Crippen LogP contribution in [-0.4, -0.2) is 21.0 Å².